The fourth-order valence-corrected chi connectivity index (χ4v) is 1.94. The quantitative estimate of drug-likeness (QED) is 0.669. The van der Waals surface area contributed by atoms with Gasteiger partial charge in [0.25, 0.3) is 0 Å². The van der Waals surface area contributed by atoms with E-state index < -0.39 is 0 Å². The van der Waals surface area contributed by atoms with Crippen LogP contribution in [0.4, 0.5) is 0 Å². The summed E-state index contributed by atoms with van der Waals surface area (Å²) >= 11 is 0. The van der Waals surface area contributed by atoms with Gasteiger partial charge >= 0.3 is 0 Å². The third-order valence-electron chi connectivity index (χ3n) is 2.76. The Kier molecular flexibility index (Phi) is 6.99. The van der Waals surface area contributed by atoms with Crippen LogP contribution in [-0.2, 0) is 4.74 Å². The summed E-state index contributed by atoms with van der Waals surface area (Å²) in [6.07, 6.45) is 2.21. The molecule has 1 aromatic carbocycles. The van der Waals surface area contributed by atoms with Crippen molar-refractivity contribution in [2.24, 2.45) is 5.92 Å². The van der Waals surface area contributed by atoms with Gasteiger partial charge < -0.3 is 9.47 Å². The maximum Gasteiger partial charge on any atom is 0.137 e. The topological polar surface area (TPSA) is 42.2 Å². The maximum atomic E-state index is 8.92. The van der Waals surface area contributed by atoms with Crippen LogP contribution in [0, 0.1) is 17.2 Å². The smallest absolute Gasteiger partial charge is 0.137 e. The van der Waals surface area contributed by atoms with E-state index in [1.165, 1.54) is 0 Å². The van der Waals surface area contributed by atoms with Gasteiger partial charge in [-0.15, -0.1) is 0 Å². The minimum absolute atomic E-state index is 0.298. The monoisotopic (exact) mass is 261 g/mol. The van der Waals surface area contributed by atoms with E-state index in [-0.39, 0.29) is 0 Å². The zero-order valence-corrected chi connectivity index (χ0v) is 12.1. The Morgan fingerprint density at radius 2 is 1.89 bits per heavy atom. The van der Waals surface area contributed by atoms with Crippen molar-refractivity contribution in [3.8, 4) is 11.8 Å². The largest absolute Gasteiger partial charge is 0.492 e. The first-order valence-electron chi connectivity index (χ1n) is 6.87. The molecule has 19 heavy (non-hydrogen) atoms. The molecule has 0 heterocycles. The van der Waals surface area contributed by atoms with Gasteiger partial charge in [0.1, 0.15) is 11.8 Å². The SMILES string of the molecule is CC(C)CC(C)OCCCOc1ccccc1C#N. The Hall–Kier alpha value is -1.53. The predicted octanol–water partition coefficient (Wildman–Crippen LogP) is 3.78. The van der Waals surface area contributed by atoms with Crippen LogP contribution in [0.2, 0.25) is 0 Å². The summed E-state index contributed by atoms with van der Waals surface area (Å²) in [6, 6.07) is 9.41. The molecule has 0 fully saturated rings. The lowest BCUT2D eigenvalue weighted by atomic mass is 10.1. The molecule has 3 nitrogen and oxygen atoms in total. The lowest BCUT2D eigenvalue weighted by Crippen LogP contribution is -2.13. The van der Waals surface area contributed by atoms with Crippen molar-refractivity contribution >= 4 is 0 Å². The first kappa shape index (κ1) is 15.5. The van der Waals surface area contributed by atoms with Crippen LogP contribution in [0.3, 0.4) is 0 Å². The Balaban J connectivity index is 2.19. The molecular weight excluding hydrogens is 238 g/mol. The maximum absolute atomic E-state index is 8.92. The van der Waals surface area contributed by atoms with Crippen molar-refractivity contribution < 1.29 is 9.47 Å². The van der Waals surface area contributed by atoms with E-state index >= 15 is 0 Å². The van der Waals surface area contributed by atoms with E-state index in [1.807, 2.05) is 18.2 Å². The van der Waals surface area contributed by atoms with Crippen molar-refractivity contribution in [3.63, 3.8) is 0 Å². The van der Waals surface area contributed by atoms with Crippen LogP contribution in [0.25, 0.3) is 0 Å². The number of benzene rings is 1. The fourth-order valence-electron chi connectivity index (χ4n) is 1.94. The molecule has 0 aliphatic carbocycles. The molecule has 0 aromatic heterocycles. The van der Waals surface area contributed by atoms with Crippen molar-refractivity contribution in [1.82, 2.24) is 0 Å². The van der Waals surface area contributed by atoms with Gasteiger partial charge in [-0.3, -0.25) is 0 Å². The molecule has 0 bridgehead atoms. The summed E-state index contributed by atoms with van der Waals surface area (Å²) in [5.74, 6) is 1.31. The Morgan fingerprint density at radius 3 is 2.58 bits per heavy atom. The molecule has 0 spiro atoms. The lowest BCUT2D eigenvalue weighted by Gasteiger charge is -2.15. The third kappa shape index (κ3) is 6.26. The van der Waals surface area contributed by atoms with Crippen LogP contribution < -0.4 is 4.74 Å². The first-order chi connectivity index (χ1) is 9.13. The van der Waals surface area contributed by atoms with Gasteiger partial charge in [0.05, 0.1) is 24.9 Å². The van der Waals surface area contributed by atoms with Gasteiger partial charge in [0.15, 0.2) is 0 Å². The second kappa shape index (κ2) is 8.55. The number of hydrogen-bond donors (Lipinski definition) is 0. The highest BCUT2D eigenvalue weighted by molar-refractivity contribution is 5.42. The zero-order chi connectivity index (χ0) is 14.1. The molecule has 1 unspecified atom stereocenters. The summed E-state index contributed by atoms with van der Waals surface area (Å²) < 4.78 is 11.3. The number of para-hydroxylation sites is 1. The van der Waals surface area contributed by atoms with E-state index in [2.05, 4.69) is 26.8 Å². The standard InChI is InChI=1S/C16H23NO2/c1-13(2)11-14(3)18-9-6-10-19-16-8-5-4-7-15(16)12-17/h4-5,7-8,13-14H,6,9-11H2,1-3H3. The van der Waals surface area contributed by atoms with Crippen molar-refractivity contribution in [3.05, 3.63) is 29.8 Å². The summed E-state index contributed by atoms with van der Waals surface area (Å²) in [5.41, 5.74) is 0.580. The van der Waals surface area contributed by atoms with E-state index in [0.29, 0.717) is 36.5 Å². The van der Waals surface area contributed by atoms with Crippen LogP contribution >= 0.6 is 0 Å². The number of rotatable bonds is 8. The minimum atomic E-state index is 0.298. The fraction of sp³-hybridized carbons (Fsp3) is 0.562. The van der Waals surface area contributed by atoms with Crippen molar-refractivity contribution in [2.75, 3.05) is 13.2 Å². The molecule has 0 saturated heterocycles. The number of nitriles is 1. The van der Waals surface area contributed by atoms with Crippen LogP contribution in [0.1, 0.15) is 39.2 Å². The average Bonchev–Trinajstić information content (AvgIpc) is 2.38. The second-order valence-corrected chi connectivity index (χ2v) is 5.12. The highest BCUT2D eigenvalue weighted by atomic mass is 16.5. The molecule has 0 N–H and O–H groups in total. The predicted molar refractivity (Wildman–Crippen MR) is 76.1 cm³/mol. The molecule has 1 atom stereocenters. The first-order valence-corrected chi connectivity index (χ1v) is 6.87. The highest BCUT2D eigenvalue weighted by Gasteiger charge is 2.05. The zero-order valence-electron chi connectivity index (χ0n) is 12.1. The Morgan fingerprint density at radius 1 is 1.16 bits per heavy atom. The summed E-state index contributed by atoms with van der Waals surface area (Å²) in [7, 11) is 0. The van der Waals surface area contributed by atoms with Gasteiger partial charge in [-0.25, -0.2) is 0 Å². The van der Waals surface area contributed by atoms with Crippen LogP contribution in [0.15, 0.2) is 24.3 Å². The van der Waals surface area contributed by atoms with Crippen LogP contribution in [0.5, 0.6) is 5.75 Å². The molecular formula is C16H23NO2. The molecule has 104 valence electrons. The van der Waals surface area contributed by atoms with E-state index in [0.717, 1.165) is 12.8 Å². The molecule has 3 heteroatoms. The Labute approximate surface area is 116 Å². The number of nitrogens with zero attached hydrogens (tertiary/aromatic N) is 1. The van der Waals surface area contributed by atoms with E-state index in [1.54, 1.807) is 6.07 Å². The normalized spacial score (nSPS) is 12.2. The number of ether oxygens (including phenoxy) is 2. The van der Waals surface area contributed by atoms with Crippen molar-refractivity contribution in [1.29, 1.82) is 5.26 Å². The molecule has 1 aromatic rings. The van der Waals surface area contributed by atoms with Crippen LogP contribution in [-0.4, -0.2) is 19.3 Å². The Bertz CT molecular complexity index is 409. The van der Waals surface area contributed by atoms with Gasteiger partial charge in [0, 0.05) is 6.42 Å². The third-order valence-corrected chi connectivity index (χ3v) is 2.76. The van der Waals surface area contributed by atoms with Gasteiger partial charge in [-0.1, -0.05) is 26.0 Å². The molecule has 1 rings (SSSR count). The average molecular weight is 261 g/mol. The van der Waals surface area contributed by atoms with E-state index in [9.17, 15) is 0 Å². The summed E-state index contributed by atoms with van der Waals surface area (Å²) in [6.45, 7) is 7.77. The minimum Gasteiger partial charge on any atom is -0.492 e. The van der Waals surface area contributed by atoms with Gasteiger partial charge in [-0.2, -0.15) is 5.26 Å². The number of hydrogen-bond acceptors (Lipinski definition) is 3. The molecule has 0 radical (unpaired) electrons. The lowest BCUT2D eigenvalue weighted by molar-refractivity contribution is 0.0447. The summed E-state index contributed by atoms with van der Waals surface area (Å²) in [5, 5.41) is 8.92. The van der Waals surface area contributed by atoms with Gasteiger partial charge in [-0.05, 0) is 31.4 Å². The molecule has 0 aliphatic heterocycles. The van der Waals surface area contributed by atoms with Gasteiger partial charge in [0.2, 0.25) is 0 Å². The highest BCUT2D eigenvalue weighted by Crippen LogP contribution is 2.16. The summed E-state index contributed by atoms with van der Waals surface area (Å²) in [4.78, 5) is 0. The molecule has 0 aliphatic rings. The van der Waals surface area contributed by atoms with E-state index in [4.69, 9.17) is 14.7 Å². The van der Waals surface area contributed by atoms with Crippen molar-refractivity contribution in [2.45, 2.75) is 39.7 Å². The molecule has 0 amide bonds. The molecule has 0 saturated carbocycles. The second-order valence-electron chi connectivity index (χ2n) is 5.12.